The zero-order chi connectivity index (χ0) is 23.9. The molecule has 2 atom stereocenters. The molecule has 0 fully saturated rings. The molecule has 0 spiro atoms. The molecule has 0 bridgehead atoms. The summed E-state index contributed by atoms with van der Waals surface area (Å²) in [4.78, 5) is 13.5. The number of fused-ring (bicyclic) bond motifs is 1. The quantitative estimate of drug-likeness (QED) is 0.449. The highest BCUT2D eigenvalue weighted by Crippen LogP contribution is 2.47. The molecule has 1 amide bonds. The van der Waals surface area contributed by atoms with E-state index in [1.165, 1.54) is 17.0 Å². The van der Waals surface area contributed by atoms with Gasteiger partial charge in [0.25, 0.3) is 0 Å². The summed E-state index contributed by atoms with van der Waals surface area (Å²) in [6, 6.07) is 16.7. The van der Waals surface area contributed by atoms with Gasteiger partial charge in [-0.1, -0.05) is 57.2 Å². The van der Waals surface area contributed by atoms with Gasteiger partial charge in [0.05, 0.1) is 6.54 Å². The Balaban J connectivity index is 1.70. The summed E-state index contributed by atoms with van der Waals surface area (Å²) in [6.07, 6.45) is -0.685. The zero-order valence-corrected chi connectivity index (χ0v) is 19.0. The van der Waals surface area contributed by atoms with Crippen LogP contribution in [0.3, 0.4) is 0 Å². The first-order valence-corrected chi connectivity index (χ1v) is 11.0. The maximum Gasteiger partial charge on any atom is 0.407 e. The van der Waals surface area contributed by atoms with Crippen LogP contribution in [-0.4, -0.2) is 22.1 Å². The molecule has 4 nitrogen and oxygen atoms in total. The van der Waals surface area contributed by atoms with Crippen LogP contribution in [0.25, 0.3) is 11.1 Å². The van der Waals surface area contributed by atoms with E-state index in [2.05, 4.69) is 20.8 Å². The predicted octanol–water partition coefficient (Wildman–Crippen LogP) is 6.45. The molecule has 0 radical (unpaired) electrons. The van der Waals surface area contributed by atoms with Crippen molar-refractivity contribution in [3.63, 3.8) is 0 Å². The largest absolute Gasteiger partial charge is 0.465 e. The third-order valence-corrected chi connectivity index (χ3v) is 6.47. The molecule has 4 rings (SSSR count). The van der Waals surface area contributed by atoms with Crippen LogP contribution in [0.2, 0.25) is 0 Å². The van der Waals surface area contributed by atoms with Gasteiger partial charge in [-0.25, -0.2) is 13.6 Å². The first kappa shape index (κ1) is 22.8. The summed E-state index contributed by atoms with van der Waals surface area (Å²) in [5.74, 6) is -1.65. The van der Waals surface area contributed by atoms with Crippen molar-refractivity contribution >= 4 is 11.8 Å². The molecule has 3 aromatic carbocycles. The van der Waals surface area contributed by atoms with Gasteiger partial charge in [-0.05, 0) is 58.4 Å². The maximum absolute atomic E-state index is 15.1. The van der Waals surface area contributed by atoms with Gasteiger partial charge in [0, 0.05) is 23.2 Å². The van der Waals surface area contributed by atoms with Gasteiger partial charge in [-0.15, -0.1) is 0 Å². The van der Waals surface area contributed by atoms with Crippen LogP contribution in [0.5, 0.6) is 0 Å². The van der Waals surface area contributed by atoms with Crippen LogP contribution in [0.15, 0.2) is 60.7 Å². The summed E-state index contributed by atoms with van der Waals surface area (Å²) in [7, 11) is 0. The van der Waals surface area contributed by atoms with Crippen LogP contribution in [0.4, 0.5) is 19.3 Å². The van der Waals surface area contributed by atoms with E-state index in [1.54, 1.807) is 24.3 Å². The fourth-order valence-electron chi connectivity index (χ4n) is 5.04. The number of nitrogen functional groups attached to an aromatic ring is 1. The Labute approximate surface area is 192 Å². The van der Waals surface area contributed by atoms with Gasteiger partial charge in [-0.3, -0.25) is 4.90 Å². The molecule has 1 aliphatic carbocycles. The lowest BCUT2D eigenvalue weighted by Gasteiger charge is -2.38. The summed E-state index contributed by atoms with van der Waals surface area (Å²) >= 11 is 0. The lowest BCUT2D eigenvalue weighted by atomic mass is 9.75. The van der Waals surface area contributed by atoms with Crippen LogP contribution < -0.4 is 5.73 Å². The van der Waals surface area contributed by atoms with Gasteiger partial charge in [0.2, 0.25) is 0 Å². The molecular weight excluding hydrogens is 422 g/mol. The second-order valence-electron chi connectivity index (χ2n) is 9.77. The lowest BCUT2D eigenvalue weighted by Crippen LogP contribution is -2.45. The van der Waals surface area contributed by atoms with Crippen molar-refractivity contribution in [2.24, 2.45) is 5.41 Å². The Kier molecular flexibility index (Phi) is 5.87. The molecule has 0 saturated heterocycles. The molecule has 1 aliphatic rings. The van der Waals surface area contributed by atoms with Crippen LogP contribution in [-0.2, 0) is 13.0 Å². The van der Waals surface area contributed by atoms with E-state index in [9.17, 15) is 9.90 Å². The fraction of sp³-hybridized carbons (Fsp3) is 0.296. The van der Waals surface area contributed by atoms with Crippen molar-refractivity contribution in [3.8, 4) is 11.1 Å². The van der Waals surface area contributed by atoms with Gasteiger partial charge >= 0.3 is 6.09 Å². The van der Waals surface area contributed by atoms with E-state index in [-0.39, 0.29) is 23.4 Å². The van der Waals surface area contributed by atoms with E-state index in [1.807, 2.05) is 24.3 Å². The minimum Gasteiger partial charge on any atom is -0.465 e. The maximum atomic E-state index is 15.1. The Hall–Kier alpha value is -3.41. The van der Waals surface area contributed by atoms with Gasteiger partial charge in [-0.2, -0.15) is 0 Å². The average molecular weight is 451 g/mol. The second kappa shape index (κ2) is 8.50. The number of hydrogen-bond acceptors (Lipinski definition) is 2. The highest BCUT2D eigenvalue weighted by atomic mass is 19.1. The molecule has 6 heteroatoms. The van der Waals surface area contributed by atoms with Gasteiger partial charge in [0.1, 0.15) is 11.6 Å². The molecular formula is C27H28F2N2O2. The first-order chi connectivity index (χ1) is 15.6. The summed E-state index contributed by atoms with van der Waals surface area (Å²) in [5.41, 5.74) is 8.91. The van der Waals surface area contributed by atoms with E-state index in [0.29, 0.717) is 23.2 Å². The SMILES string of the molecule is CC(C)(C)C1c2ccccc2CC1N(Cc1c(F)cc(-c2cccc(N)c2)cc1F)C(=O)O. The number of benzene rings is 3. The summed E-state index contributed by atoms with van der Waals surface area (Å²) in [6.45, 7) is 5.83. The molecule has 3 N–H and O–H groups in total. The monoisotopic (exact) mass is 450 g/mol. The van der Waals surface area contributed by atoms with Crippen molar-refractivity contribution in [1.29, 1.82) is 0 Å². The van der Waals surface area contributed by atoms with E-state index in [4.69, 9.17) is 5.73 Å². The highest BCUT2D eigenvalue weighted by Gasteiger charge is 2.44. The van der Waals surface area contributed by atoms with Crippen molar-refractivity contribution < 1.29 is 18.7 Å². The average Bonchev–Trinajstić information content (AvgIpc) is 3.12. The van der Waals surface area contributed by atoms with Gasteiger partial charge < -0.3 is 10.8 Å². The van der Waals surface area contributed by atoms with Crippen molar-refractivity contribution in [2.45, 2.75) is 45.7 Å². The highest BCUT2D eigenvalue weighted by molar-refractivity contribution is 5.69. The number of anilines is 1. The van der Waals surface area contributed by atoms with Crippen molar-refractivity contribution in [2.75, 3.05) is 5.73 Å². The normalized spacial score (nSPS) is 17.6. The number of rotatable bonds is 4. The Morgan fingerprint density at radius 2 is 1.70 bits per heavy atom. The first-order valence-electron chi connectivity index (χ1n) is 11.0. The smallest absolute Gasteiger partial charge is 0.407 e. The molecule has 33 heavy (non-hydrogen) atoms. The van der Waals surface area contributed by atoms with Crippen LogP contribution in [0.1, 0.15) is 43.4 Å². The molecule has 0 aliphatic heterocycles. The fourth-order valence-corrected chi connectivity index (χ4v) is 5.04. The minimum atomic E-state index is -1.19. The van der Waals surface area contributed by atoms with Crippen molar-refractivity contribution in [3.05, 3.63) is 89.0 Å². The number of carboxylic acid groups (broad SMARTS) is 1. The molecule has 0 aromatic heterocycles. The van der Waals surface area contributed by atoms with Crippen LogP contribution >= 0.6 is 0 Å². The number of amides is 1. The predicted molar refractivity (Wildman–Crippen MR) is 126 cm³/mol. The number of nitrogens with two attached hydrogens (primary N) is 1. The number of halogens is 2. The number of hydrogen-bond donors (Lipinski definition) is 2. The van der Waals surface area contributed by atoms with Crippen LogP contribution in [0, 0.1) is 17.0 Å². The molecule has 0 saturated carbocycles. The van der Waals surface area contributed by atoms with Gasteiger partial charge in [0.15, 0.2) is 0 Å². The molecule has 2 unspecified atom stereocenters. The van der Waals surface area contributed by atoms with Crippen molar-refractivity contribution in [1.82, 2.24) is 4.90 Å². The summed E-state index contributed by atoms with van der Waals surface area (Å²) in [5, 5.41) is 10.1. The zero-order valence-electron chi connectivity index (χ0n) is 19.0. The van der Waals surface area contributed by atoms with E-state index in [0.717, 1.165) is 11.1 Å². The third-order valence-electron chi connectivity index (χ3n) is 6.47. The number of nitrogens with zero attached hydrogens (tertiary/aromatic N) is 1. The number of carbonyl (C=O) groups is 1. The van der Waals surface area contributed by atoms with E-state index >= 15 is 8.78 Å². The minimum absolute atomic E-state index is 0.0949. The Morgan fingerprint density at radius 3 is 2.30 bits per heavy atom. The Morgan fingerprint density at radius 1 is 1.03 bits per heavy atom. The second-order valence-corrected chi connectivity index (χ2v) is 9.77. The Bertz CT molecular complexity index is 1180. The molecule has 3 aromatic rings. The standard InChI is InChI=1S/C27H28F2N2O2/c1-27(2,3)25-20-10-5-4-7-17(20)14-24(25)31(26(32)33)15-21-22(28)12-18(13-23(21)29)16-8-6-9-19(30)11-16/h4-13,24-25H,14-15,30H2,1-3H3,(H,32,33). The summed E-state index contributed by atoms with van der Waals surface area (Å²) < 4.78 is 30.2. The molecule has 0 heterocycles. The lowest BCUT2D eigenvalue weighted by molar-refractivity contribution is 0.0958. The molecule has 172 valence electrons. The van der Waals surface area contributed by atoms with E-state index < -0.39 is 23.8 Å². The topological polar surface area (TPSA) is 66.6 Å². The third kappa shape index (κ3) is 4.42.